The molecule has 2 aromatic rings. The molecule has 0 radical (unpaired) electrons. The molecule has 2 heterocycles. The Labute approximate surface area is 85.6 Å². The Kier molecular flexibility index (Phi) is 2.20. The van der Waals surface area contributed by atoms with Crippen molar-refractivity contribution >= 4 is 16.5 Å². The van der Waals surface area contributed by atoms with Gasteiger partial charge in [-0.05, 0) is 13.8 Å². The van der Waals surface area contributed by atoms with E-state index >= 15 is 0 Å². The van der Waals surface area contributed by atoms with Gasteiger partial charge in [0.15, 0.2) is 11.0 Å². The first-order chi connectivity index (χ1) is 6.72. The highest BCUT2D eigenvalue weighted by molar-refractivity contribution is 7.18. The second-order valence-electron chi connectivity index (χ2n) is 2.91. The number of nitrogens with two attached hydrogens (primary N) is 1. The highest BCUT2D eigenvalue weighted by Crippen LogP contribution is 2.29. The minimum Gasteiger partial charge on any atom is -0.375 e. The summed E-state index contributed by atoms with van der Waals surface area (Å²) in [4.78, 5) is 5.16. The third-order valence-corrected chi connectivity index (χ3v) is 2.95. The van der Waals surface area contributed by atoms with Crippen LogP contribution in [0.1, 0.15) is 12.6 Å². The first-order valence-electron chi connectivity index (χ1n) is 4.33. The van der Waals surface area contributed by atoms with Gasteiger partial charge in [-0.3, -0.25) is 0 Å². The van der Waals surface area contributed by atoms with Crippen LogP contribution >= 0.6 is 11.3 Å². The average molecular weight is 209 g/mol. The zero-order valence-corrected chi connectivity index (χ0v) is 8.88. The van der Waals surface area contributed by atoms with Gasteiger partial charge in [0.25, 0.3) is 0 Å². The lowest BCUT2D eigenvalue weighted by molar-refractivity contribution is 0.767. The second kappa shape index (κ2) is 3.38. The maximum Gasteiger partial charge on any atom is 0.180 e. The second-order valence-corrected chi connectivity index (χ2v) is 3.94. The van der Waals surface area contributed by atoms with Gasteiger partial charge in [0.05, 0.1) is 10.6 Å². The highest BCUT2D eigenvalue weighted by Gasteiger charge is 2.13. The Morgan fingerprint density at radius 3 is 2.93 bits per heavy atom. The summed E-state index contributed by atoms with van der Waals surface area (Å²) in [6.07, 6.45) is 1.71. The zero-order chi connectivity index (χ0) is 10.1. The summed E-state index contributed by atoms with van der Waals surface area (Å²) in [6.45, 7) is 4.82. The summed E-state index contributed by atoms with van der Waals surface area (Å²) in [5.41, 5.74) is 6.54. The van der Waals surface area contributed by atoms with Crippen molar-refractivity contribution in [1.82, 2.24) is 19.7 Å². The van der Waals surface area contributed by atoms with Crippen molar-refractivity contribution in [2.24, 2.45) is 0 Å². The van der Waals surface area contributed by atoms with Gasteiger partial charge in [0, 0.05) is 6.54 Å². The van der Waals surface area contributed by atoms with E-state index in [9.17, 15) is 0 Å². The van der Waals surface area contributed by atoms with Crippen LogP contribution in [-0.2, 0) is 6.54 Å². The molecule has 0 amide bonds. The Morgan fingerprint density at radius 2 is 2.36 bits per heavy atom. The molecule has 0 atom stereocenters. The van der Waals surface area contributed by atoms with Crippen LogP contribution in [0.5, 0.6) is 0 Å². The lowest BCUT2D eigenvalue weighted by Crippen LogP contribution is -1.95. The van der Waals surface area contributed by atoms with E-state index in [1.807, 2.05) is 18.4 Å². The van der Waals surface area contributed by atoms with E-state index in [-0.39, 0.29) is 0 Å². The van der Waals surface area contributed by atoms with Gasteiger partial charge in [0.2, 0.25) is 0 Å². The molecule has 0 saturated heterocycles. The van der Waals surface area contributed by atoms with Crippen molar-refractivity contribution in [3.63, 3.8) is 0 Å². The molecule has 2 rings (SSSR count). The monoisotopic (exact) mass is 209 g/mol. The van der Waals surface area contributed by atoms with Crippen LogP contribution in [0.3, 0.4) is 0 Å². The Hall–Kier alpha value is -1.43. The van der Waals surface area contributed by atoms with E-state index in [2.05, 4.69) is 15.2 Å². The number of aryl methyl sites for hydroxylation is 2. The Balaban J connectivity index is 2.53. The number of anilines is 1. The summed E-state index contributed by atoms with van der Waals surface area (Å²) in [6, 6.07) is 0. The fourth-order valence-electron chi connectivity index (χ4n) is 1.29. The quantitative estimate of drug-likeness (QED) is 0.809. The minimum absolute atomic E-state index is 0.572. The SMILES string of the molecule is CCn1cnnc1-c1sc(N)nc1C. The smallest absolute Gasteiger partial charge is 0.180 e. The average Bonchev–Trinajstić information content (AvgIpc) is 2.71. The molecule has 6 heteroatoms. The van der Waals surface area contributed by atoms with Crippen LogP contribution in [0.25, 0.3) is 10.7 Å². The van der Waals surface area contributed by atoms with Crippen molar-refractivity contribution in [1.29, 1.82) is 0 Å². The third-order valence-electron chi connectivity index (χ3n) is 1.97. The van der Waals surface area contributed by atoms with Crippen LogP contribution in [0.2, 0.25) is 0 Å². The van der Waals surface area contributed by atoms with Gasteiger partial charge in [-0.1, -0.05) is 11.3 Å². The fraction of sp³-hybridized carbons (Fsp3) is 0.375. The van der Waals surface area contributed by atoms with Crippen LogP contribution < -0.4 is 5.73 Å². The molecule has 74 valence electrons. The van der Waals surface area contributed by atoms with Crippen LogP contribution in [0.4, 0.5) is 5.13 Å². The largest absolute Gasteiger partial charge is 0.375 e. The first-order valence-corrected chi connectivity index (χ1v) is 5.15. The molecule has 0 aromatic carbocycles. The van der Waals surface area contributed by atoms with Crippen molar-refractivity contribution in [2.45, 2.75) is 20.4 Å². The molecular weight excluding hydrogens is 198 g/mol. The molecule has 5 nitrogen and oxygen atoms in total. The number of nitrogens with zero attached hydrogens (tertiary/aromatic N) is 4. The topological polar surface area (TPSA) is 69.6 Å². The van der Waals surface area contributed by atoms with E-state index in [1.54, 1.807) is 6.33 Å². The van der Waals surface area contributed by atoms with Crippen LogP contribution in [0, 0.1) is 6.92 Å². The summed E-state index contributed by atoms with van der Waals surface area (Å²) in [7, 11) is 0. The molecular formula is C8H11N5S. The number of rotatable bonds is 2. The Bertz CT molecular complexity index is 444. The summed E-state index contributed by atoms with van der Waals surface area (Å²) < 4.78 is 1.97. The van der Waals surface area contributed by atoms with Crippen LogP contribution in [-0.4, -0.2) is 19.7 Å². The highest BCUT2D eigenvalue weighted by atomic mass is 32.1. The van der Waals surface area contributed by atoms with E-state index in [0.717, 1.165) is 22.9 Å². The van der Waals surface area contributed by atoms with E-state index in [0.29, 0.717) is 5.13 Å². The number of thiazole rings is 1. The van der Waals surface area contributed by atoms with Crippen molar-refractivity contribution in [3.8, 4) is 10.7 Å². The molecule has 0 spiro atoms. The van der Waals surface area contributed by atoms with Gasteiger partial charge in [-0.2, -0.15) is 0 Å². The van der Waals surface area contributed by atoms with Crippen molar-refractivity contribution in [2.75, 3.05) is 5.73 Å². The number of hydrogen-bond donors (Lipinski definition) is 1. The fourth-order valence-corrected chi connectivity index (χ4v) is 2.12. The molecule has 0 aliphatic heterocycles. The molecule has 0 unspecified atom stereocenters. The minimum atomic E-state index is 0.572. The third kappa shape index (κ3) is 1.37. The lowest BCUT2D eigenvalue weighted by atomic mass is 10.4. The first kappa shape index (κ1) is 9.14. The maximum absolute atomic E-state index is 5.63. The van der Waals surface area contributed by atoms with Crippen LogP contribution in [0.15, 0.2) is 6.33 Å². The standard InChI is InChI=1S/C8H11N5S/c1-3-13-4-10-12-7(13)6-5(2)11-8(9)14-6/h4H,3H2,1-2H3,(H2,9,11). The number of hydrogen-bond acceptors (Lipinski definition) is 5. The molecule has 0 fully saturated rings. The molecule has 0 bridgehead atoms. The molecule has 2 N–H and O–H groups in total. The van der Waals surface area contributed by atoms with Gasteiger partial charge in [-0.15, -0.1) is 10.2 Å². The van der Waals surface area contributed by atoms with Crippen molar-refractivity contribution < 1.29 is 0 Å². The van der Waals surface area contributed by atoms with E-state index in [1.165, 1.54) is 11.3 Å². The maximum atomic E-state index is 5.63. The van der Waals surface area contributed by atoms with E-state index in [4.69, 9.17) is 5.73 Å². The van der Waals surface area contributed by atoms with Crippen molar-refractivity contribution in [3.05, 3.63) is 12.0 Å². The zero-order valence-electron chi connectivity index (χ0n) is 8.06. The van der Waals surface area contributed by atoms with Gasteiger partial charge in [0.1, 0.15) is 6.33 Å². The summed E-state index contributed by atoms with van der Waals surface area (Å²) >= 11 is 1.44. The summed E-state index contributed by atoms with van der Waals surface area (Å²) in [5.74, 6) is 0.846. The molecule has 0 aliphatic carbocycles. The molecule has 14 heavy (non-hydrogen) atoms. The van der Waals surface area contributed by atoms with Gasteiger partial charge in [-0.25, -0.2) is 4.98 Å². The Morgan fingerprint density at radius 1 is 1.57 bits per heavy atom. The number of aromatic nitrogens is 4. The van der Waals surface area contributed by atoms with Gasteiger partial charge < -0.3 is 10.3 Å². The number of nitrogen functional groups attached to an aromatic ring is 1. The predicted octanol–water partition coefficient (Wildman–Crippen LogP) is 1.31. The summed E-state index contributed by atoms with van der Waals surface area (Å²) in [5, 5.41) is 8.50. The lowest BCUT2D eigenvalue weighted by Gasteiger charge is -1.99. The molecule has 2 aromatic heterocycles. The molecule has 0 saturated carbocycles. The van der Waals surface area contributed by atoms with Gasteiger partial charge >= 0.3 is 0 Å². The van der Waals surface area contributed by atoms with E-state index < -0.39 is 0 Å². The molecule has 0 aliphatic rings. The normalized spacial score (nSPS) is 10.7. The predicted molar refractivity (Wildman–Crippen MR) is 56.0 cm³/mol.